The third kappa shape index (κ3) is 2.26. The van der Waals surface area contributed by atoms with E-state index in [-0.39, 0.29) is 0 Å². The lowest BCUT2D eigenvalue weighted by molar-refractivity contribution is 0.0445. The second-order valence-electron chi connectivity index (χ2n) is 5.57. The highest BCUT2D eigenvalue weighted by molar-refractivity contribution is 5.27. The van der Waals surface area contributed by atoms with Gasteiger partial charge in [0.15, 0.2) is 0 Å². The minimum absolute atomic E-state index is 0.441. The van der Waals surface area contributed by atoms with E-state index in [4.69, 9.17) is 0 Å². The molecule has 1 aliphatic rings. The van der Waals surface area contributed by atoms with Crippen molar-refractivity contribution in [3.63, 3.8) is 0 Å². The lowest BCUT2D eigenvalue weighted by atomic mass is 9.54. The molecular weight excluding hydrogens is 206 g/mol. The predicted octanol–water partition coefficient (Wildman–Crippen LogP) is 3.96. The first-order valence-corrected chi connectivity index (χ1v) is 7.00. The molecule has 2 rings (SSSR count). The van der Waals surface area contributed by atoms with Gasteiger partial charge in [-0.3, -0.25) is 0 Å². The minimum atomic E-state index is 0.441. The van der Waals surface area contributed by atoms with E-state index in [0.717, 1.165) is 12.5 Å². The molecule has 1 saturated carbocycles. The predicted molar refractivity (Wildman–Crippen MR) is 74.3 cm³/mol. The summed E-state index contributed by atoms with van der Waals surface area (Å²) in [6, 6.07) is 11.7. The zero-order valence-electron chi connectivity index (χ0n) is 11.4. The van der Waals surface area contributed by atoms with E-state index in [1.807, 2.05) is 0 Å². The Morgan fingerprint density at radius 2 is 1.94 bits per heavy atom. The maximum absolute atomic E-state index is 3.71. The molecule has 0 bridgehead atoms. The fourth-order valence-electron chi connectivity index (χ4n) is 3.19. The van der Waals surface area contributed by atoms with E-state index < -0.39 is 0 Å². The molecule has 0 amide bonds. The quantitative estimate of drug-likeness (QED) is 0.809. The van der Waals surface area contributed by atoms with Gasteiger partial charge in [0.2, 0.25) is 0 Å². The van der Waals surface area contributed by atoms with E-state index in [2.05, 4.69) is 56.4 Å². The Bertz CT molecular complexity index is 346. The van der Waals surface area contributed by atoms with Crippen molar-refractivity contribution in [1.82, 2.24) is 5.32 Å². The van der Waals surface area contributed by atoms with Crippen molar-refractivity contribution >= 4 is 0 Å². The van der Waals surface area contributed by atoms with Crippen LogP contribution >= 0.6 is 0 Å². The van der Waals surface area contributed by atoms with Crippen molar-refractivity contribution < 1.29 is 0 Å². The van der Waals surface area contributed by atoms with E-state index in [1.165, 1.54) is 24.8 Å². The SMILES string of the molecule is CCCNC1CC(c2ccccc2)C1(C)CC. The summed E-state index contributed by atoms with van der Waals surface area (Å²) in [6.45, 7) is 8.17. The first-order valence-electron chi connectivity index (χ1n) is 7.00. The second-order valence-corrected chi connectivity index (χ2v) is 5.57. The molecule has 3 atom stereocenters. The summed E-state index contributed by atoms with van der Waals surface area (Å²) in [6.07, 6.45) is 3.79. The molecule has 1 fully saturated rings. The summed E-state index contributed by atoms with van der Waals surface area (Å²) >= 11 is 0. The van der Waals surface area contributed by atoms with Crippen molar-refractivity contribution in [2.45, 2.75) is 52.0 Å². The third-order valence-electron chi connectivity index (χ3n) is 4.67. The number of nitrogens with one attached hydrogen (secondary N) is 1. The summed E-state index contributed by atoms with van der Waals surface area (Å²) in [5, 5.41) is 3.71. The maximum Gasteiger partial charge on any atom is 0.0133 e. The molecule has 0 saturated heterocycles. The van der Waals surface area contributed by atoms with E-state index >= 15 is 0 Å². The molecule has 94 valence electrons. The Kier molecular flexibility index (Phi) is 3.88. The number of hydrogen-bond acceptors (Lipinski definition) is 1. The maximum atomic E-state index is 3.71. The Morgan fingerprint density at radius 1 is 1.24 bits per heavy atom. The third-order valence-corrected chi connectivity index (χ3v) is 4.67. The van der Waals surface area contributed by atoms with Gasteiger partial charge < -0.3 is 5.32 Å². The molecule has 1 nitrogen and oxygen atoms in total. The van der Waals surface area contributed by atoms with Crippen LogP contribution in [0.1, 0.15) is 51.5 Å². The molecule has 3 unspecified atom stereocenters. The van der Waals surface area contributed by atoms with E-state index in [1.54, 1.807) is 0 Å². The lowest BCUT2D eigenvalue weighted by Crippen LogP contribution is -2.56. The van der Waals surface area contributed by atoms with Gasteiger partial charge in [0.05, 0.1) is 0 Å². The molecule has 0 heterocycles. The van der Waals surface area contributed by atoms with Gasteiger partial charge >= 0.3 is 0 Å². The standard InChI is InChI=1S/C16H25N/c1-4-11-17-15-12-14(16(15,3)5-2)13-9-7-6-8-10-13/h6-10,14-15,17H,4-5,11-12H2,1-3H3. The molecule has 1 aromatic carbocycles. The minimum Gasteiger partial charge on any atom is -0.313 e. The molecule has 1 aliphatic carbocycles. The van der Waals surface area contributed by atoms with Gasteiger partial charge in [-0.2, -0.15) is 0 Å². The fourth-order valence-corrected chi connectivity index (χ4v) is 3.19. The van der Waals surface area contributed by atoms with Crippen molar-refractivity contribution in [2.75, 3.05) is 6.54 Å². The van der Waals surface area contributed by atoms with Gasteiger partial charge in [0.1, 0.15) is 0 Å². The van der Waals surface area contributed by atoms with Crippen LogP contribution in [0.25, 0.3) is 0 Å². The summed E-state index contributed by atoms with van der Waals surface area (Å²) in [4.78, 5) is 0. The van der Waals surface area contributed by atoms with Crippen molar-refractivity contribution in [2.24, 2.45) is 5.41 Å². The average molecular weight is 231 g/mol. The van der Waals surface area contributed by atoms with Crippen LogP contribution < -0.4 is 5.32 Å². The van der Waals surface area contributed by atoms with Crippen LogP contribution in [0.4, 0.5) is 0 Å². The molecule has 0 radical (unpaired) electrons. The average Bonchev–Trinajstić information content (AvgIpc) is 2.38. The van der Waals surface area contributed by atoms with Crippen LogP contribution in [0.2, 0.25) is 0 Å². The summed E-state index contributed by atoms with van der Waals surface area (Å²) in [5.41, 5.74) is 1.96. The molecule has 1 heteroatoms. The van der Waals surface area contributed by atoms with Crippen LogP contribution in [0.3, 0.4) is 0 Å². The Morgan fingerprint density at radius 3 is 2.53 bits per heavy atom. The van der Waals surface area contributed by atoms with Crippen LogP contribution in [-0.2, 0) is 0 Å². The highest BCUT2D eigenvalue weighted by Crippen LogP contribution is 2.54. The normalized spacial score (nSPS) is 32.2. The Labute approximate surface area is 106 Å². The molecule has 1 N–H and O–H groups in total. The zero-order chi connectivity index (χ0) is 12.3. The highest BCUT2D eigenvalue weighted by atomic mass is 15.0. The van der Waals surface area contributed by atoms with Gasteiger partial charge in [-0.15, -0.1) is 0 Å². The second kappa shape index (κ2) is 5.22. The molecule has 0 aromatic heterocycles. The summed E-state index contributed by atoms with van der Waals surface area (Å²) < 4.78 is 0. The van der Waals surface area contributed by atoms with Crippen LogP contribution in [0, 0.1) is 5.41 Å². The van der Waals surface area contributed by atoms with Crippen LogP contribution in [0.5, 0.6) is 0 Å². The Hall–Kier alpha value is -0.820. The number of benzene rings is 1. The molecule has 0 spiro atoms. The van der Waals surface area contributed by atoms with Gasteiger partial charge in [0.25, 0.3) is 0 Å². The largest absolute Gasteiger partial charge is 0.313 e. The fraction of sp³-hybridized carbons (Fsp3) is 0.625. The topological polar surface area (TPSA) is 12.0 Å². The lowest BCUT2D eigenvalue weighted by Gasteiger charge is -2.55. The van der Waals surface area contributed by atoms with Gasteiger partial charge in [0, 0.05) is 6.04 Å². The highest BCUT2D eigenvalue weighted by Gasteiger charge is 2.50. The van der Waals surface area contributed by atoms with Crippen LogP contribution in [-0.4, -0.2) is 12.6 Å². The monoisotopic (exact) mass is 231 g/mol. The molecule has 1 aromatic rings. The van der Waals surface area contributed by atoms with Crippen molar-refractivity contribution in [3.05, 3.63) is 35.9 Å². The zero-order valence-corrected chi connectivity index (χ0v) is 11.4. The van der Waals surface area contributed by atoms with Crippen LogP contribution in [0.15, 0.2) is 30.3 Å². The molecular formula is C16H25N. The smallest absolute Gasteiger partial charge is 0.0133 e. The first-order chi connectivity index (χ1) is 8.22. The number of rotatable bonds is 5. The number of hydrogen-bond donors (Lipinski definition) is 1. The van der Waals surface area contributed by atoms with Gasteiger partial charge in [-0.05, 0) is 42.7 Å². The summed E-state index contributed by atoms with van der Waals surface area (Å²) in [5.74, 6) is 0.739. The molecule has 17 heavy (non-hydrogen) atoms. The van der Waals surface area contributed by atoms with Gasteiger partial charge in [-0.1, -0.05) is 51.1 Å². The van der Waals surface area contributed by atoms with Crippen molar-refractivity contribution in [1.29, 1.82) is 0 Å². The first kappa shape index (κ1) is 12.6. The summed E-state index contributed by atoms with van der Waals surface area (Å²) in [7, 11) is 0. The van der Waals surface area contributed by atoms with Crippen molar-refractivity contribution in [3.8, 4) is 0 Å². The van der Waals surface area contributed by atoms with Gasteiger partial charge in [-0.25, -0.2) is 0 Å². The molecule has 0 aliphatic heterocycles. The Balaban J connectivity index is 2.07. The van der Waals surface area contributed by atoms with E-state index in [9.17, 15) is 0 Å². The van der Waals surface area contributed by atoms with E-state index in [0.29, 0.717) is 11.5 Å².